The third kappa shape index (κ3) is 3.71. The standard InChI is InChI=1S/C15H28N2O/c1-12-10-14(8-9-16-12)15(18)17(2)11-13-6-4-3-5-7-13/h12-14,16H,3-11H2,1-2H3/t12-,14-/m0/s1. The number of piperidine rings is 1. The van der Waals surface area contributed by atoms with Gasteiger partial charge >= 0.3 is 0 Å². The van der Waals surface area contributed by atoms with Crippen molar-refractivity contribution < 1.29 is 4.79 Å². The van der Waals surface area contributed by atoms with Crippen LogP contribution in [0.25, 0.3) is 0 Å². The zero-order valence-corrected chi connectivity index (χ0v) is 12.0. The lowest BCUT2D eigenvalue weighted by Gasteiger charge is -2.33. The highest BCUT2D eigenvalue weighted by molar-refractivity contribution is 5.78. The molecule has 0 aromatic heterocycles. The van der Waals surface area contributed by atoms with Crippen LogP contribution in [0.15, 0.2) is 0 Å². The van der Waals surface area contributed by atoms with E-state index in [9.17, 15) is 4.79 Å². The molecule has 1 heterocycles. The lowest BCUT2D eigenvalue weighted by atomic mass is 9.88. The quantitative estimate of drug-likeness (QED) is 0.836. The maximum atomic E-state index is 12.4. The molecule has 104 valence electrons. The van der Waals surface area contributed by atoms with Crippen molar-refractivity contribution in [2.24, 2.45) is 11.8 Å². The van der Waals surface area contributed by atoms with Crippen molar-refractivity contribution in [2.45, 2.75) is 57.9 Å². The molecule has 1 amide bonds. The summed E-state index contributed by atoms with van der Waals surface area (Å²) < 4.78 is 0. The Balaban J connectivity index is 1.79. The molecular formula is C15H28N2O. The van der Waals surface area contributed by atoms with Gasteiger partial charge in [0.25, 0.3) is 0 Å². The smallest absolute Gasteiger partial charge is 0.225 e. The number of rotatable bonds is 3. The second-order valence-corrected chi connectivity index (χ2v) is 6.30. The molecule has 0 unspecified atom stereocenters. The number of hydrogen-bond acceptors (Lipinski definition) is 2. The lowest BCUT2D eigenvalue weighted by molar-refractivity contribution is -0.136. The third-order valence-corrected chi connectivity index (χ3v) is 4.61. The second-order valence-electron chi connectivity index (χ2n) is 6.30. The summed E-state index contributed by atoms with van der Waals surface area (Å²) in [6, 6.07) is 0.496. The van der Waals surface area contributed by atoms with Crippen LogP contribution in [0, 0.1) is 11.8 Å². The first-order valence-electron chi connectivity index (χ1n) is 7.65. The lowest BCUT2D eigenvalue weighted by Crippen LogP contribution is -2.44. The van der Waals surface area contributed by atoms with Crippen LogP contribution in [0.3, 0.4) is 0 Å². The molecule has 1 N–H and O–H groups in total. The Morgan fingerprint density at radius 3 is 2.61 bits per heavy atom. The summed E-state index contributed by atoms with van der Waals surface area (Å²) in [5.41, 5.74) is 0. The molecule has 0 aromatic rings. The Bertz CT molecular complexity index is 274. The summed E-state index contributed by atoms with van der Waals surface area (Å²) in [7, 11) is 2.00. The van der Waals surface area contributed by atoms with Crippen LogP contribution in [0.2, 0.25) is 0 Å². The van der Waals surface area contributed by atoms with Gasteiger partial charge in [0.1, 0.15) is 0 Å². The Labute approximate surface area is 111 Å². The first-order chi connectivity index (χ1) is 8.66. The van der Waals surface area contributed by atoms with E-state index >= 15 is 0 Å². The minimum Gasteiger partial charge on any atom is -0.345 e. The van der Waals surface area contributed by atoms with Gasteiger partial charge in [-0.1, -0.05) is 19.3 Å². The number of carbonyl (C=O) groups is 1. The van der Waals surface area contributed by atoms with Crippen LogP contribution in [0.1, 0.15) is 51.9 Å². The monoisotopic (exact) mass is 252 g/mol. The Morgan fingerprint density at radius 1 is 1.22 bits per heavy atom. The summed E-state index contributed by atoms with van der Waals surface area (Å²) in [6.07, 6.45) is 8.76. The normalized spacial score (nSPS) is 30.1. The fourth-order valence-electron chi connectivity index (χ4n) is 3.51. The summed E-state index contributed by atoms with van der Waals surface area (Å²) in [4.78, 5) is 14.4. The van der Waals surface area contributed by atoms with Crippen LogP contribution >= 0.6 is 0 Å². The molecule has 0 radical (unpaired) electrons. The van der Waals surface area contributed by atoms with Crippen molar-refractivity contribution in [1.82, 2.24) is 10.2 Å². The molecule has 1 aliphatic heterocycles. The van der Waals surface area contributed by atoms with E-state index in [0.717, 1.165) is 31.8 Å². The van der Waals surface area contributed by atoms with E-state index < -0.39 is 0 Å². The van der Waals surface area contributed by atoms with Crippen molar-refractivity contribution in [3.8, 4) is 0 Å². The average Bonchev–Trinajstić information content (AvgIpc) is 2.39. The highest BCUT2D eigenvalue weighted by Crippen LogP contribution is 2.25. The van der Waals surface area contributed by atoms with E-state index in [1.54, 1.807) is 0 Å². The van der Waals surface area contributed by atoms with Gasteiger partial charge in [0, 0.05) is 25.6 Å². The maximum absolute atomic E-state index is 12.4. The zero-order chi connectivity index (χ0) is 13.0. The first kappa shape index (κ1) is 13.9. The number of carbonyl (C=O) groups excluding carboxylic acids is 1. The molecular weight excluding hydrogens is 224 g/mol. The van der Waals surface area contributed by atoms with Gasteiger partial charge in [0.05, 0.1) is 0 Å². The molecule has 2 atom stereocenters. The van der Waals surface area contributed by atoms with Gasteiger partial charge in [0.15, 0.2) is 0 Å². The zero-order valence-electron chi connectivity index (χ0n) is 12.0. The molecule has 2 rings (SSSR count). The van der Waals surface area contributed by atoms with Crippen LogP contribution < -0.4 is 5.32 Å². The molecule has 1 saturated heterocycles. The topological polar surface area (TPSA) is 32.3 Å². The summed E-state index contributed by atoms with van der Waals surface area (Å²) in [5, 5.41) is 3.42. The number of hydrogen-bond donors (Lipinski definition) is 1. The first-order valence-corrected chi connectivity index (χ1v) is 7.65. The summed E-state index contributed by atoms with van der Waals surface area (Å²) >= 11 is 0. The minimum atomic E-state index is 0.259. The average molecular weight is 252 g/mol. The van der Waals surface area contributed by atoms with Gasteiger partial charge < -0.3 is 10.2 Å². The minimum absolute atomic E-state index is 0.259. The second kappa shape index (κ2) is 6.55. The number of nitrogens with zero attached hydrogens (tertiary/aromatic N) is 1. The van der Waals surface area contributed by atoms with Gasteiger partial charge in [-0.3, -0.25) is 4.79 Å². The van der Waals surface area contributed by atoms with Crippen LogP contribution in [0.5, 0.6) is 0 Å². The van der Waals surface area contributed by atoms with Crippen molar-refractivity contribution in [3.05, 3.63) is 0 Å². The number of nitrogens with one attached hydrogen (secondary N) is 1. The SMILES string of the molecule is C[C@H]1C[C@@H](C(=O)N(C)CC2CCCCC2)CCN1. The van der Waals surface area contributed by atoms with Crippen molar-refractivity contribution in [2.75, 3.05) is 20.1 Å². The van der Waals surface area contributed by atoms with Gasteiger partial charge in [-0.25, -0.2) is 0 Å². The molecule has 3 heteroatoms. The van der Waals surface area contributed by atoms with E-state index in [1.807, 2.05) is 11.9 Å². The molecule has 0 bridgehead atoms. The predicted molar refractivity (Wildman–Crippen MR) is 74.4 cm³/mol. The van der Waals surface area contributed by atoms with Gasteiger partial charge in [-0.2, -0.15) is 0 Å². The fraction of sp³-hybridized carbons (Fsp3) is 0.933. The van der Waals surface area contributed by atoms with Gasteiger partial charge in [-0.15, -0.1) is 0 Å². The van der Waals surface area contributed by atoms with Crippen LogP contribution in [0.4, 0.5) is 0 Å². The largest absolute Gasteiger partial charge is 0.345 e. The summed E-state index contributed by atoms with van der Waals surface area (Å²) in [5.74, 6) is 1.40. The highest BCUT2D eigenvalue weighted by Gasteiger charge is 2.28. The van der Waals surface area contributed by atoms with Crippen LogP contribution in [-0.4, -0.2) is 37.0 Å². The van der Waals surface area contributed by atoms with E-state index in [1.165, 1.54) is 32.1 Å². The fourth-order valence-corrected chi connectivity index (χ4v) is 3.51. The highest BCUT2D eigenvalue weighted by atomic mass is 16.2. The van der Waals surface area contributed by atoms with E-state index in [0.29, 0.717) is 11.9 Å². The molecule has 2 aliphatic rings. The Hall–Kier alpha value is -0.570. The Morgan fingerprint density at radius 2 is 1.94 bits per heavy atom. The van der Waals surface area contributed by atoms with Crippen molar-refractivity contribution in [3.63, 3.8) is 0 Å². The van der Waals surface area contributed by atoms with Crippen LogP contribution in [-0.2, 0) is 4.79 Å². The van der Waals surface area contributed by atoms with Gasteiger partial charge in [-0.05, 0) is 45.1 Å². The van der Waals surface area contributed by atoms with Crippen molar-refractivity contribution in [1.29, 1.82) is 0 Å². The molecule has 0 spiro atoms. The summed E-state index contributed by atoms with van der Waals surface area (Å²) in [6.45, 7) is 4.16. The molecule has 18 heavy (non-hydrogen) atoms. The van der Waals surface area contributed by atoms with E-state index in [4.69, 9.17) is 0 Å². The molecule has 1 saturated carbocycles. The van der Waals surface area contributed by atoms with E-state index in [2.05, 4.69) is 12.2 Å². The van der Waals surface area contributed by atoms with Gasteiger partial charge in [0.2, 0.25) is 5.91 Å². The molecule has 0 aromatic carbocycles. The Kier molecular flexibility index (Phi) is 5.04. The van der Waals surface area contributed by atoms with Crippen molar-refractivity contribution >= 4 is 5.91 Å². The number of amides is 1. The predicted octanol–water partition coefficient (Wildman–Crippen LogP) is 2.41. The third-order valence-electron chi connectivity index (χ3n) is 4.61. The maximum Gasteiger partial charge on any atom is 0.225 e. The van der Waals surface area contributed by atoms with E-state index in [-0.39, 0.29) is 5.92 Å². The molecule has 2 fully saturated rings. The molecule has 1 aliphatic carbocycles. The molecule has 3 nitrogen and oxygen atoms in total.